The Kier molecular flexibility index (Phi) is 7.61. The van der Waals surface area contributed by atoms with Gasteiger partial charge in [0.25, 0.3) is 0 Å². The van der Waals surface area contributed by atoms with E-state index in [2.05, 4.69) is 23.5 Å². The Hall–Kier alpha value is -0.480. The van der Waals surface area contributed by atoms with E-state index >= 15 is 0 Å². The smallest absolute Gasteiger partial charge is 0.0984 e. The first-order valence-corrected chi connectivity index (χ1v) is 6.15. The summed E-state index contributed by atoms with van der Waals surface area (Å²) in [7, 11) is 1.87. The lowest BCUT2D eigenvalue weighted by molar-refractivity contribution is 0.984. The molecule has 0 aliphatic carbocycles. The Morgan fingerprint density at radius 1 is 1.43 bits per heavy atom. The van der Waals surface area contributed by atoms with Crippen molar-refractivity contribution < 1.29 is 0 Å². The lowest BCUT2D eigenvalue weighted by Crippen LogP contribution is -2.16. The topological polar surface area (TPSA) is 50.4 Å². The van der Waals surface area contributed by atoms with Crippen LogP contribution in [0.4, 0.5) is 0 Å². The summed E-state index contributed by atoms with van der Waals surface area (Å²) >= 11 is 1.84. The van der Waals surface area contributed by atoms with E-state index in [0.717, 1.165) is 23.7 Å². The number of nitrogens with two attached hydrogens (primary N) is 1. The van der Waals surface area contributed by atoms with Gasteiger partial charge in [0, 0.05) is 13.6 Å². The second-order valence-electron chi connectivity index (χ2n) is 3.12. The molecule has 0 rings (SSSR count). The van der Waals surface area contributed by atoms with Crippen molar-refractivity contribution in [2.45, 2.75) is 20.3 Å². The van der Waals surface area contributed by atoms with Gasteiger partial charge in [-0.3, -0.25) is 0 Å². The Balaban J connectivity index is 4.49. The number of rotatable bonds is 5. The van der Waals surface area contributed by atoms with Crippen LogP contribution >= 0.6 is 11.8 Å². The first-order valence-electron chi connectivity index (χ1n) is 4.76. The van der Waals surface area contributed by atoms with Gasteiger partial charge in [0.1, 0.15) is 0 Å². The Morgan fingerprint density at radius 2 is 2.07 bits per heavy atom. The van der Waals surface area contributed by atoms with Crippen LogP contribution in [0.2, 0.25) is 0 Å². The zero-order valence-electron chi connectivity index (χ0n) is 9.55. The molecule has 0 saturated carbocycles. The van der Waals surface area contributed by atoms with Gasteiger partial charge in [0.15, 0.2) is 0 Å². The largest absolute Gasteiger partial charge is 0.377 e. The van der Waals surface area contributed by atoms with Gasteiger partial charge in [0.2, 0.25) is 0 Å². The molecule has 82 valence electrons. The van der Waals surface area contributed by atoms with Crippen molar-refractivity contribution in [2.75, 3.05) is 25.6 Å². The van der Waals surface area contributed by atoms with E-state index in [1.807, 2.05) is 25.7 Å². The summed E-state index contributed by atoms with van der Waals surface area (Å²) in [5.74, 6) is 2.04. The molecular formula is C10H21N3S. The molecule has 0 radical (unpaired) electrons. The average Bonchev–Trinajstić information content (AvgIpc) is 2.21. The maximum absolute atomic E-state index is 5.65. The molecule has 14 heavy (non-hydrogen) atoms. The molecule has 0 atom stereocenters. The molecule has 3 nitrogen and oxygen atoms in total. The molecule has 0 aliphatic rings. The third kappa shape index (κ3) is 5.29. The summed E-state index contributed by atoms with van der Waals surface area (Å²) in [6.45, 7) is 4.56. The second-order valence-corrected chi connectivity index (χ2v) is 4.11. The molecule has 4 heteroatoms. The summed E-state index contributed by atoms with van der Waals surface area (Å²) in [6.07, 6.45) is 3.17. The quantitative estimate of drug-likeness (QED) is 0.541. The van der Waals surface area contributed by atoms with E-state index in [9.17, 15) is 0 Å². The summed E-state index contributed by atoms with van der Waals surface area (Å²) in [6, 6.07) is 0. The number of aliphatic imine (C=N–C) groups is 1. The molecule has 0 unspecified atom stereocenters. The van der Waals surface area contributed by atoms with Crippen LogP contribution < -0.4 is 11.1 Å². The van der Waals surface area contributed by atoms with Crippen molar-refractivity contribution >= 4 is 17.6 Å². The fourth-order valence-electron chi connectivity index (χ4n) is 0.973. The molecule has 0 aromatic rings. The van der Waals surface area contributed by atoms with Crippen LogP contribution in [0.15, 0.2) is 16.3 Å². The molecule has 0 aromatic carbocycles. The average molecular weight is 215 g/mol. The molecule has 0 saturated heterocycles. The van der Waals surface area contributed by atoms with E-state index in [1.54, 1.807) is 0 Å². The fraction of sp³-hybridized carbons (Fsp3) is 0.700. The predicted octanol–water partition coefficient (Wildman–Crippen LogP) is 1.61. The monoisotopic (exact) mass is 215 g/mol. The highest BCUT2D eigenvalue weighted by molar-refractivity contribution is 7.98. The van der Waals surface area contributed by atoms with Crippen molar-refractivity contribution in [3.05, 3.63) is 11.3 Å². The predicted molar refractivity (Wildman–Crippen MR) is 66.9 cm³/mol. The SMILES string of the molecule is CN/C(C)=N/C(CN)=C(\C)CCSC. The number of hydrogen-bond donors (Lipinski definition) is 2. The van der Waals surface area contributed by atoms with Crippen molar-refractivity contribution in [1.82, 2.24) is 5.32 Å². The summed E-state index contributed by atoms with van der Waals surface area (Å²) < 4.78 is 0. The summed E-state index contributed by atoms with van der Waals surface area (Å²) in [4.78, 5) is 4.42. The molecule has 0 spiro atoms. The number of thioether (sulfide) groups is 1. The minimum Gasteiger partial charge on any atom is -0.377 e. The van der Waals surface area contributed by atoms with Gasteiger partial charge in [-0.15, -0.1) is 0 Å². The van der Waals surface area contributed by atoms with Crippen LogP contribution in [0.3, 0.4) is 0 Å². The zero-order chi connectivity index (χ0) is 11.0. The lowest BCUT2D eigenvalue weighted by Gasteiger charge is -2.07. The van der Waals surface area contributed by atoms with Gasteiger partial charge in [0.05, 0.1) is 11.5 Å². The van der Waals surface area contributed by atoms with E-state index in [1.165, 1.54) is 5.57 Å². The maximum atomic E-state index is 5.65. The molecular weight excluding hydrogens is 194 g/mol. The second kappa shape index (κ2) is 7.88. The molecule has 0 fully saturated rings. The van der Waals surface area contributed by atoms with Crippen molar-refractivity contribution in [1.29, 1.82) is 0 Å². The number of hydrogen-bond acceptors (Lipinski definition) is 3. The van der Waals surface area contributed by atoms with E-state index in [-0.39, 0.29) is 0 Å². The first-order chi connectivity index (χ1) is 6.65. The van der Waals surface area contributed by atoms with Gasteiger partial charge in [-0.25, -0.2) is 4.99 Å². The minimum atomic E-state index is 0.513. The maximum Gasteiger partial charge on any atom is 0.0984 e. The van der Waals surface area contributed by atoms with E-state index in [4.69, 9.17) is 5.73 Å². The van der Waals surface area contributed by atoms with E-state index in [0.29, 0.717) is 6.54 Å². The number of nitrogens with zero attached hydrogens (tertiary/aromatic N) is 1. The van der Waals surface area contributed by atoms with Crippen LogP contribution in [-0.2, 0) is 0 Å². The molecule has 0 aliphatic heterocycles. The van der Waals surface area contributed by atoms with Crippen LogP contribution in [0.1, 0.15) is 20.3 Å². The molecule has 0 heterocycles. The van der Waals surface area contributed by atoms with Gasteiger partial charge < -0.3 is 11.1 Å². The number of nitrogens with one attached hydrogen (secondary N) is 1. The Labute approximate surface area is 91.2 Å². The molecule has 0 amide bonds. The fourth-order valence-corrected chi connectivity index (χ4v) is 1.48. The lowest BCUT2D eigenvalue weighted by atomic mass is 10.2. The highest BCUT2D eigenvalue weighted by atomic mass is 32.2. The van der Waals surface area contributed by atoms with Crippen LogP contribution in [0.5, 0.6) is 0 Å². The normalized spacial score (nSPS) is 13.9. The first kappa shape index (κ1) is 13.5. The standard InChI is InChI=1S/C10H21N3S/c1-8(5-6-14-4)10(7-11)13-9(2)12-3/h5-7,11H2,1-4H3,(H,12,13)/b10-8+. The molecule has 0 aromatic heterocycles. The van der Waals surface area contributed by atoms with Crippen LogP contribution in [-0.4, -0.2) is 31.4 Å². The Morgan fingerprint density at radius 3 is 2.50 bits per heavy atom. The van der Waals surface area contributed by atoms with Crippen molar-refractivity contribution in [3.63, 3.8) is 0 Å². The highest BCUT2D eigenvalue weighted by Crippen LogP contribution is 2.11. The van der Waals surface area contributed by atoms with E-state index < -0.39 is 0 Å². The van der Waals surface area contributed by atoms with Crippen LogP contribution in [0, 0.1) is 0 Å². The minimum absolute atomic E-state index is 0.513. The van der Waals surface area contributed by atoms with Crippen molar-refractivity contribution in [2.24, 2.45) is 10.7 Å². The highest BCUT2D eigenvalue weighted by Gasteiger charge is 1.99. The summed E-state index contributed by atoms with van der Waals surface area (Å²) in [5, 5.41) is 3.00. The van der Waals surface area contributed by atoms with Crippen LogP contribution in [0.25, 0.3) is 0 Å². The summed E-state index contributed by atoms with van der Waals surface area (Å²) in [5.41, 5.74) is 7.94. The third-order valence-electron chi connectivity index (χ3n) is 2.03. The number of amidine groups is 1. The van der Waals surface area contributed by atoms with Crippen molar-refractivity contribution in [3.8, 4) is 0 Å². The number of allylic oxidation sites excluding steroid dienone is 1. The third-order valence-corrected chi connectivity index (χ3v) is 2.64. The molecule has 3 N–H and O–H groups in total. The van der Waals surface area contributed by atoms with Gasteiger partial charge >= 0.3 is 0 Å². The Bertz CT molecular complexity index is 221. The van der Waals surface area contributed by atoms with Gasteiger partial charge in [-0.2, -0.15) is 11.8 Å². The van der Waals surface area contributed by atoms with Gasteiger partial charge in [-0.05, 0) is 37.9 Å². The van der Waals surface area contributed by atoms with Gasteiger partial charge in [-0.1, -0.05) is 0 Å². The zero-order valence-corrected chi connectivity index (χ0v) is 10.4. The molecule has 0 bridgehead atoms.